The highest BCUT2D eigenvalue weighted by atomic mass is 79.9. The first-order chi connectivity index (χ1) is 6.80. The van der Waals surface area contributed by atoms with Crippen LogP contribution in [0, 0.1) is 0 Å². The zero-order valence-corrected chi connectivity index (χ0v) is 10.3. The molecule has 0 bridgehead atoms. The van der Waals surface area contributed by atoms with Crippen molar-refractivity contribution in [3.05, 3.63) is 0 Å². The smallest absolute Gasteiger partial charge is 0.233 e. The lowest BCUT2D eigenvalue weighted by Gasteiger charge is -2.12. The summed E-state index contributed by atoms with van der Waals surface area (Å²) in [5.41, 5.74) is 0. The van der Waals surface area contributed by atoms with Gasteiger partial charge in [-0.25, -0.2) is 0 Å². The summed E-state index contributed by atoms with van der Waals surface area (Å²) in [5.74, 6) is 0.172. The van der Waals surface area contributed by atoms with Gasteiger partial charge in [0.25, 0.3) is 0 Å². The van der Waals surface area contributed by atoms with Gasteiger partial charge in [-0.3, -0.25) is 4.79 Å². The lowest BCUT2D eigenvalue weighted by atomic mass is 10.1. The summed E-state index contributed by atoms with van der Waals surface area (Å²) in [6, 6.07) is 0. The van der Waals surface area contributed by atoms with E-state index in [9.17, 15) is 4.79 Å². The normalized spacial score (nSPS) is 27.2. The third-order valence-corrected chi connectivity index (χ3v) is 3.59. The highest BCUT2D eigenvalue weighted by Crippen LogP contribution is 2.14. The molecule has 1 rings (SSSR count). The third kappa shape index (κ3) is 4.99. The SMILES string of the molecule is O=C1NCCCCCCCCCC1Br. The van der Waals surface area contributed by atoms with Crippen LogP contribution in [0.1, 0.15) is 51.4 Å². The first kappa shape index (κ1) is 12.0. The summed E-state index contributed by atoms with van der Waals surface area (Å²) < 4.78 is 0. The highest BCUT2D eigenvalue weighted by molar-refractivity contribution is 9.10. The minimum Gasteiger partial charge on any atom is -0.355 e. The zero-order chi connectivity index (χ0) is 10.2. The molecule has 1 amide bonds. The molecule has 1 atom stereocenters. The molecule has 0 radical (unpaired) electrons. The Morgan fingerprint density at radius 2 is 1.57 bits per heavy atom. The molecule has 0 aliphatic carbocycles. The molecule has 0 aromatic carbocycles. The lowest BCUT2D eigenvalue weighted by molar-refractivity contribution is -0.120. The lowest BCUT2D eigenvalue weighted by Crippen LogP contribution is -2.31. The second-order valence-electron chi connectivity index (χ2n) is 4.02. The van der Waals surface area contributed by atoms with Crippen molar-refractivity contribution in [2.75, 3.05) is 6.54 Å². The molecule has 3 heteroatoms. The minimum atomic E-state index is 0.0296. The average molecular weight is 262 g/mol. The number of halogens is 1. The van der Waals surface area contributed by atoms with Gasteiger partial charge in [-0.05, 0) is 12.8 Å². The van der Waals surface area contributed by atoms with Gasteiger partial charge in [0.1, 0.15) is 0 Å². The van der Waals surface area contributed by atoms with E-state index in [1.165, 1.54) is 38.5 Å². The Morgan fingerprint density at radius 1 is 1.00 bits per heavy atom. The van der Waals surface area contributed by atoms with Crippen LogP contribution in [0.5, 0.6) is 0 Å². The predicted octanol–water partition coefficient (Wildman–Crippen LogP) is 3.00. The van der Waals surface area contributed by atoms with Crippen molar-refractivity contribution in [1.82, 2.24) is 5.32 Å². The van der Waals surface area contributed by atoms with Crippen molar-refractivity contribution in [2.24, 2.45) is 0 Å². The van der Waals surface area contributed by atoms with Gasteiger partial charge in [0.2, 0.25) is 5.91 Å². The molecule has 1 saturated heterocycles. The zero-order valence-electron chi connectivity index (χ0n) is 8.73. The van der Waals surface area contributed by atoms with Gasteiger partial charge in [0.15, 0.2) is 0 Å². The van der Waals surface area contributed by atoms with Gasteiger partial charge in [-0.2, -0.15) is 0 Å². The molecule has 1 unspecified atom stereocenters. The Hall–Kier alpha value is -0.0500. The van der Waals surface area contributed by atoms with Crippen molar-refractivity contribution < 1.29 is 4.79 Å². The van der Waals surface area contributed by atoms with Crippen molar-refractivity contribution >= 4 is 21.8 Å². The van der Waals surface area contributed by atoms with Crippen LogP contribution in [0.4, 0.5) is 0 Å². The fourth-order valence-corrected chi connectivity index (χ4v) is 2.27. The Balaban J connectivity index is 2.27. The topological polar surface area (TPSA) is 29.1 Å². The molecule has 1 N–H and O–H groups in total. The van der Waals surface area contributed by atoms with Crippen molar-refractivity contribution in [2.45, 2.75) is 56.2 Å². The standard InChI is InChI=1S/C11H20BrNO/c12-10-8-6-4-2-1-3-5-7-9-13-11(10)14/h10H,1-9H2,(H,13,14). The van der Waals surface area contributed by atoms with Gasteiger partial charge in [-0.15, -0.1) is 0 Å². The van der Waals surface area contributed by atoms with Crippen LogP contribution in [0.2, 0.25) is 0 Å². The summed E-state index contributed by atoms with van der Waals surface area (Å²) in [5, 5.41) is 2.96. The number of hydrogen-bond acceptors (Lipinski definition) is 1. The number of amides is 1. The fraction of sp³-hybridized carbons (Fsp3) is 0.909. The predicted molar refractivity (Wildman–Crippen MR) is 62.7 cm³/mol. The summed E-state index contributed by atoms with van der Waals surface area (Å²) in [4.78, 5) is 11.5. The van der Waals surface area contributed by atoms with E-state index in [4.69, 9.17) is 0 Å². The summed E-state index contributed by atoms with van der Waals surface area (Å²) in [6.07, 6.45) is 9.83. The average Bonchev–Trinajstić information content (AvgIpc) is 2.18. The van der Waals surface area contributed by atoms with Gasteiger partial charge >= 0.3 is 0 Å². The van der Waals surface area contributed by atoms with Crippen LogP contribution >= 0.6 is 15.9 Å². The van der Waals surface area contributed by atoms with E-state index in [0.29, 0.717) is 0 Å². The number of hydrogen-bond donors (Lipinski definition) is 1. The molecular weight excluding hydrogens is 242 g/mol. The number of carbonyl (C=O) groups excluding carboxylic acids is 1. The van der Waals surface area contributed by atoms with Crippen LogP contribution in [0.15, 0.2) is 0 Å². The maximum atomic E-state index is 11.5. The summed E-state index contributed by atoms with van der Waals surface area (Å²) >= 11 is 3.43. The van der Waals surface area contributed by atoms with Gasteiger partial charge in [-0.1, -0.05) is 54.5 Å². The quantitative estimate of drug-likeness (QED) is 0.668. The molecule has 0 spiro atoms. The molecule has 1 aliphatic rings. The number of nitrogens with one attached hydrogen (secondary N) is 1. The molecule has 1 aliphatic heterocycles. The van der Waals surface area contributed by atoms with Crippen LogP contribution in [0.25, 0.3) is 0 Å². The molecule has 0 aromatic rings. The Kier molecular flexibility index (Phi) is 6.24. The second kappa shape index (κ2) is 7.27. The molecule has 1 fully saturated rings. The first-order valence-electron chi connectivity index (χ1n) is 5.72. The van der Waals surface area contributed by atoms with E-state index in [1.807, 2.05) is 0 Å². The maximum absolute atomic E-state index is 11.5. The molecule has 1 heterocycles. The van der Waals surface area contributed by atoms with Gasteiger partial charge in [0, 0.05) is 6.54 Å². The molecular formula is C11H20BrNO. The van der Waals surface area contributed by atoms with E-state index >= 15 is 0 Å². The largest absolute Gasteiger partial charge is 0.355 e. The summed E-state index contributed by atoms with van der Waals surface area (Å²) in [6.45, 7) is 0.848. The van der Waals surface area contributed by atoms with E-state index < -0.39 is 0 Å². The van der Waals surface area contributed by atoms with Crippen LogP contribution < -0.4 is 5.32 Å². The molecule has 0 aromatic heterocycles. The van der Waals surface area contributed by atoms with E-state index in [0.717, 1.165) is 19.4 Å². The van der Waals surface area contributed by atoms with Crippen LogP contribution in [0.3, 0.4) is 0 Å². The third-order valence-electron chi connectivity index (χ3n) is 2.72. The molecule has 0 saturated carbocycles. The number of alkyl halides is 1. The highest BCUT2D eigenvalue weighted by Gasteiger charge is 2.13. The van der Waals surface area contributed by atoms with E-state index in [1.54, 1.807) is 0 Å². The monoisotopic (exact) mass is 261 g/mol. The van der Waals surface area contributed by atoms with E-state index in [2.05, 4.69) is 21.2 Å². The van der Waals surface area contributed by atoms with Crippen LogP contribution in [-0.2, 0) is 4.79 Å². The number of rotatable bonds is 0. The van der Waals surface area contributed by atoms with Crippen LogP contribution in [-0.4, -0.2) is 17.3 Å². The molecule has 2 nitrogen and oxygen atoms in total. The van der Waals surface area contributed by atoms with Crippen molar-refractivity contribution in [1.29, 1.82) is 0 Å². The maximum Gasteiger partial charge on any atom is 0.233 e. The fourth-order valence-electron chi connectivity index (χ4n) is 1.79. The first-order valence-corrected chi connectivity index (χ1v) is 6.64. The van der Waals surface area contributed by atoms with E-state index in [-0.39, 0.29) is 10.7 Å². The number of carbonyl (C=O) groups is 1. The Labute approximate surface area is 95.0 Å². The second-order valence-corrected chi connectivity index (χ2v) is 5.13. The Bertz CT molecular complexity index is 173. The Morgan fingerprint density at radius 3 is 2.29 bits per heavy atom. The molecule has 82 valence electrons. The molecule has 14 heavy (non-hydrogen) atoms. The van der Waals surface area contributed by atoms with Gasteiger partial charge in [0.05, 0.1) is 4.83 Å². The van der Waals surface area contributed by atoms with Crippen molar-refractivity contribution in [3.63, 3.8) is 0 Å². The van der Waals surface area contributed by atoms with Crippen molar-refractivity contribution in [3.8, 4) is 0 Å². The van der Waals surface area contributed by atoms with Gasteiger partial charge < -0.3 is 5.32 Å². The summed E-state index contributed by atoms with van der Waals surface area (Å²) in [7, 11) is 0. The minimum absolute atomic E-state index is 0.0296.